The molecule has 1 aromatic carbocycles. The molecule has 0 bridgehead atoms. The van der Waals surface area contributed by atoms with Crippen LogP contribution < -0.4 is 15.5 Å². The molecule has 0 saturated carbocycles. The number of piperazine rings is 1. The number of benzene rings is 1. The van der Waals surface area contributed by atoms with Crippen LogP contribution >= 0.6 is 0 Å². The molecule has 2 heterocycles. The van der Waals surface area contributed by atoms with Crippen molar-refractivity contribution in [3.63, 3.8) is 0 Å². The Morgan fingerprint density at radius 2 is 2.04 bits per heavy atom. The molecule has 2 aliphatic heterocycles. The largest absolute Gasteiger partial charge is 0.443 e. The van der Waals surface area contributed by atoms with Crippen molar-refractivity contribution in [3.8, 4) is 0 Å². The zero-order chi connectivity index (χ0) is 18.7. The molecule has 2 amide bonds. The van der Waals surface area contributed by atoms with E-state index < -0.39 is 11.9 Å². The van der Waals surface area contributed by atoms with Gasteiger partial charge in [-0.05, 0) is 18.2 Å². The summed E-state index contributed by atoms with van der Waals surface area (Å²) in [5.41, 5.74) is 6.38. The predicted molar refractivity (Wildman–Crippen MR) is 93.6 cm³/mol. The van der Waals surface area contributed by atoms with Crippen LogP contribution in [0.15, 0.2) is 18.2 Å². The number of carbonyl (C=O) groups is 2. The van der Waals surface area contributed by atoms with E-state index in [1.165, 1.54) is 11.0 Å². The van der Waals surface area contributed by atoms with Crippen LogP contribution in [0.2, 0.25) is 0 Å². The molecule has 0 spiro atoms. The van der Waals surface area contributed by atoms with E-state index in [4.69, 9.17) is 15.6 Å². The Kier molecular flexibility index (Phi) is 5.58. The Bertz CT molecular complexity index is 679. The minimum Gasteiger partial charge on any atom is -0.443 e. The van der Waals surface area contributed by atoms with E-state index in [1.54, 1.807) is 17.0 Å². The van der Waals surface area contributed by atoms with Crippen molar-refractivity contribution in [3.05, 3.63) is 24.0 Å². The number of amides is 2. The third kappa shape index (κ3) is 3.73. The predicted octanol–water partition coefficient (Wildman–Crippen LogP) is 0.141. The summed E-state index contributed by atoms with van der Waals surface area (Å²) in [6.45, 7) is 2.34. The molecule has 1 aromatic rings. The fourth-order valence-corrected chi connectivity index (χ4v) is 3.23. The molecule has 2 fully saturated rings. The number of rotatable bonds is 5. The van der Waals surface area contributed by atoms with Crippen LogP contribution in [0.5, 0.6) is 0 Å². The summed E-state index contributed by atoms with van der Waals surface area (Å²) in [6.07, 6.45) is -0.794. The first kappa shape index (κ1) is 18.4. The lowest BCUT2D eigenvalue weighted by molar-refractivity contribution is -0.132. The highest BCUT2D eigenvalue weighted by Crippen LogP contribution is 2.28. The van der Waals surface area contributed by atoms with E-state index >= 15 is 0 Å². The highest BCUT2D eigenvalue weighted by molar-refractivity contribution is 5.90. The van der Waals surface area contributed by atoms with E-state index in [-0.39, 0.29) is 31.6 Å². The number of anilines is 2. The van der Waals surface area contributed by atoms with E-state index in [0.29, 0.717) is 44.1 Å². The summed E-state index contributed by atoms with van der Waals surface area (Å²) in [7, 11) is 0. The number of nitrogens with zero attached hydrogens (tertiary/aromatic N) is 3. The van der Waals surface area contributed by atoms with Crippen molar-refractivity contribution in [2.75, 3.05) is 55.7 Å². The van der Waals surface area contributed by atoms with E-state index in [1.807, 2.05) is 4.90 Å². The van der Waals surface area contributed by atoms with Gasteiger partial charge in [-0.1, -0.05) is 0 Å². The van der Waals surface area contributed by atoms with E-state index in [2.05, 4.69) is 0 Å². The minimum absolute atomic E-state index is 0.0926. The molecule has 142 valence electrons. The number of aliphatic hydroxyl groups excluding tert-OH is 1. The average molecular weight is 366 g/mol. The molecule has 2 aliphatic rings. The smallest absolute Gasteiger partial charge is 0.414 e. The normalized spacial score (nSPS) is 20.5. The number of halogens is 1. The summed E-state index contributed by atoms with van der Waals surface area (Å²) in [6, 6.07) is 4.64. The second-order valence-corrected chi connectivity index (χ2v) is 6.33. The lowest BCUT2D eigenvalue weighted by Crippen LogP contribution is -2.49. The molecule has 0 aliphatic carbocycles. The SMILES string of the molecule is NCC1CN(c2ccc(N3CCN(C(=O)CCO)CC3)c(F)c2)C(=O)O1. The molecule has 1 unspecified atom stereocenters. The maximum absolute atomic E-state index is 14.6. The standard InChI is InChI=1S/C17H23FN4O4/c18-14-9-12(22-11-13(10-19)26-17(22)25)1-2-15(14)20-4-6-21(7-5-20)16(24)3-8-23/h1-2,9,13,23H,3-8,10-11,19H2. The van der Waals surface area contributed by atoms with Crippen LogP contribution in [0.3, 0.4) is 0 Å². The molecule has 0 radical (unpaired) electrons. The molecule has 0 aromatic heterocycles. The van der Waals surface area contributed by atoms with Crippen molar-refractivity contribution < 1.29 is 23.8 Å². The number of cyclic esters (lactones) is 1. The van der Waals surface area contributed by atoms with Crippen molar-refractivity contribution in [2.45, 2.75) is 12.5 Å². The van der Waals surface area contributed by atoms with Crippen LogP contribution in [0, 0.1) is 5.82 Å². The number of hydrogen-bond acceptors (Lipinski definition) is 6. The molecular formula is C17H23FN4O4. The van der Waals surface area contributed by atoms with Gasteiger partial charge in [0.2, 0.25) is 5.91 Å². The number of aliphatic hydroxyl groups is 1. The Hall–Kier alpha value is -2.39. The lowest BCUT2D eigenvalue weighted by Gasteiger charge is -2.36. The van der Waals surface area contributed by atoms with Crippen LogP contribution in [0.4, 0.5) is 20.6 Å². The van der Waals surface area contributed by atoms with Gasteiger partial charge in [-0.2, -0.15) is 0 Å². The van der Waals surface area contributed by atoms with Gasteiger partial charge in [0.1, 0.15) is 11.9 Å². The molecule has 3 N–H and O–H groups in total. The van der Waals surface area contributed by atoms with E-state index in [0.717, 1.165) is 0 Å². The molecule has 2 saturated heterocycles. The van der Waals surface area contributed by atoms with Crippen molar-refractivity contribution in [1.82, 2.24) is 4.90 Å². The molecule has 1 atom stereocenters. The third-order valence-electron chi connectivity index (χ3n) is 4.68. The molecular weight excluding hydrogens is 343 g/mol. The van der Waals surface area contributed by atoms with Gasteiger partial charge in [0.15, 0.2) is 0 Å². The van der Waals surface area contributed by atoms with Crippen molar-refractivity contribution >= 4 is 23.4 Å². The highest BCUT2D eigenvalue weighted by atomic mass is 19.1. The zero-order valence-electron chi connectivity index (χ0n) is 14.4. The van der Waals surface area contributed by atoms with Gasteiger partial charge >= 0.3 is 6.09 Å². The number of carbonyl (C=O) groups excluding carboxylic acids is 2. The Morgan fingerprint density at radius 1 is 1.31 bits per heavy atom. The van der Waals surface area contributed by atoms with Gasteiger partial charge in [-0.3, -0.25) is 9.69 Å². The monoisotopic (exact) mass is 366 g/mol. The average Bonchev–Trinajstić information content (AvgIpc) is 3.03. The van der Waals surface area contributed by atoms with Crippen LogP contribution in [-0.4, -0.2) is 74.0 Å². The third-order valence-corrected chi connectivity index (χ3v) is 4.68. The summed E-state index contributed by atoms with van der Waals surface area (Å²) >= 11 is 0. The van der Waals surface area contributed by atoms with Crippen molar-refractivity contribution in [1.29, 1.82) is 0 Å². The number of hydrogen-bond donors (Lipinski definition) is 2. The highest BCUT2D eigenvalue weighted by Gasteiger charge is 2.32. The summed E-state index contributed by atoms with van der Waals surface area (Å²) in [5.74, 6) is -0.522. The van der Waals surface area contributed by atoms with E-state index in [9.17, 15) is 14.0 Å². The summed E-state index contributed by atoms with van der Waals surface area (Å²) in [4.78, 5) is 28.6. The lowest BCUT2D eigenvalue weighted by atomic mass is 10.2. The second-order valence-electron chi connectivity index (χ2n) is 6.33. The van der Waals surface area contributed by atoms with Crippen LogP contribution in [0.1, 0.15) is 6.42 Å². The Balaban J connectivity index is 1.66. The molecule has 9 heteroatoms. The Morgan fingerprint density at radius 3 is 2.62 bits per heavy atom. The van der Waals surface area contributed by atoms with Gasteiger partial charge < -0.3 is 25.4 Å². The van der Waals surface area contributed by atoms with Gasteiger partial charge in [0, 0.05) is 39.1 Å². The fraction of sp³-hybridized carbons (Fsp3) is 0.529. The quantitative estimate of drug-likeness (QED) is 0.769. The first-order valence-corrected chi connectivity index (χ1v) is 8.65. The zero-order valence-corrected chi connectivity index (χ0v) is 14.4. The summed E-state index contributed by atoms with van der Waals surface area (Å²) in [5, 5.41) is 8.85. The Labute approximate surface area is 150 Å². The maximum atomic E-state index is 14.6. The second kappa shape index (κ2) is 7.88. The van der Waals surface area contributed by atoms with Gasteiger partial charge in [-0.25, -0.2) is 9.18 Å². The van der Waals surface area contributed by atoms with Crippen LogP contribution in [-0.2, 0) is 9.53 Å². The molecule has 26 heavy (non-hydrogen) atoms. The number of ether oxygens (including phenoxy) is 1. The molecule has 8 nitrogen and oxygen atoms in total. The summed E-state index contributed by atoms with van der Waals surface area (Å²) < 4.78 is 19.7. The van der Waals surface area contributed by atoms with Gasteiger partial charge in [0.25, 0.3) is 0 Å². The minimum atomic E-state index is -0.524. The topological polar surface area (TPSA) is 99.3 Å². The molecule has 3 rings (SSSR count). The first-order chi connectivity index (χ1) is 12.5. The van der Waals surface area contributed by atoms with Crippen molar-refractivity contribution in [2.24, 2.45) is 5.73 Å². The van der Waals surface area contributed by atoms with Gasteiger partial charge in [0.05, 0.1) is 24.5 Å². The van der Waals surface area contributed by atoms with Gasteiger partial charge in [-0.15, -0.1) is 0 Å². The maximum Gasteiger partial charge on any atom is 0.414 e. The fourth-order valence-electron chi connectivity index (χ4n) is 3.23. The number of nitrogens with two attached hydrogens (primary N) is 1. The first-order valence-electron chi connectivity index (χ1n) is 8.65. The van der Waals surface area contributed by atoms with Crippen LogP contribution in [0.25, 0.3) is 0 Å².